The predicted octanol–water partition coefficient (Wildman–Crippen LogP) is 4.58. The molecule has 2 aromatic heterocycles. The van der Waals surface area contributed by atoms with E-state index < -0.39 is 0 Å². The molecule has 174 valence electrons. The number of amides is 1. The molecule has 6 rings (SSSR count). The molecule has 4 heterocycles. The van der Waals surface area contributed by atoms with E-state index in [2.05, 4.69) is 45.2 Å². The minimum atomic E-state index is 0.267. The van der Waals surface area contributed by atoms with Gasteiger partial charge >= 0.3 is 5.91 Å². The summed E-state index contributed by atoms with van der Waals surface area (Å²) in [6.45, 7) is 7.42. The number of hydrogen-bond acceptors (Lipinski definition) is 4. The molecule has 2 unspecified atom stereocenters. The normalized spacial score (nSPS) is 24.2. The van der Waals surface area contributed by atoms with Crippen LogP contribution in [0.5, 0.6) is 0 Å². The van der Waals surface area contributed by atoms with Gasteiger partial charge < -0.3 is 0 Å². The lowest BCUT2D eigenvalue weighted by Gasteiger charge is -2.37. The Hall–Kier alpha value is -3.09. The lowest BCUT2D eigenvalue weighted by molar-refractivity contribution is -0.744. The minimum absolute atomic E-state index is 0.267. The van der Waals surface area contributed by atoms with Gasteiger partial charge in [-0.15, -0.1) is 0 Å². The SMILES string of the molecule is CC1CC=CC=C1CN1CCCC([N+]2(C(=O)c3ccc4[nH]nc(-c5ccncc5)c4c3)CC2)C1. The fourth-order valence-corrected chi connectivity index (χ4v) is 5.81. The molecule has 2 fully saturated rings. The summed E-state index contributed by atoms with van der Waals surface area (Å²) in [5.74, 6) is 0.886. The van der Waals surface area contributed by atoms with Gasteiger partial charge in [0.05, 0.1) is 17.6 Å². The summed E-state index contributed by atoms with van der Waals surface area (Å²) < 4.78 is 0.610. The molecule has 0 radical (unpaired) electrons. The van der Waals surface area contributed by atoms with Crippen LogP contribution in [0, 0.1) is 5.92 Å². The highest BCUT2D eigenvalue weighted by atomic mass is 16.2. The van der Waals surface area contributed by atoms with E-state index in [1.165, 1.54) is 12.0 Å². The highest BCUT2D eigenvalue weighted by Gasteiger charge is 2.56. The molecule has 1 N–H and O–H groups in total. The van der Waals surface area contributed by atoms with Crippen molar-refractivity contribution in [3.63, 3.8) is 0 Å². The van der Waals surface area contributed by atoms with Crippen LogP contribution in [0.1, 0.15) is 36.5 Å². The van der Waals surface area contributed by atoms with Gasteiger partial charge in [0.1, 0.15) is 24.8 Å². The van der Waals surface area contributed by atoms with Gasteiger partial charge in [-0.1, -0.05) is 30.7 Å². The maximum absolute atomic E-state index is 13.9. The second-order valence-corrected chi connectivity index (χ2v) is 10.2. The van der Waals surface area contributed by atoms with E-state index >= 15 is 0 Å². The van der Waals surface area contributed by atoms with Crippen molar-refractivity contribution in [1.29, 1.82) is 0 Å². The third-order valence-electron chi connectivity index (χ3n) is 8.03. The van der Waals surface area contributed by atoms with Crippen LogP contribution in [-0.4, -0.2) is 69.2 Å². The van der Waals surface area contributed by atoms with Crippen LogP contribution < -0.4 is 0 Å². The summed E-state index contributed by atoms with van der Waals surface area (Å²) in [7, 11) is 0. The predicted molar refractivity (Wildman–Crippen MR) is 134 cm³/mol. The smallest absolute Gasteiger partial charge is 0.294 e. The van der Waals surface area contributed by atoms with Gasteiger partial charge in [0.2, 0.25) is 0 Å². The molecule has 3 aliphatic rings. The third kappa shape index (κ3) is 3.81. The van der Waals surface area contributed by atoms with Gasteiger partial charge in [-0.2, -0.15) is 5.10 Å². The van der Waals surface area contributed by atoms with Gasteiger partial charge in [-0.3, -0.25) is 15.0 Å². The quantitative estimate of drug-likeness (QED) is 0.453. The Labute approximate surface area is 200 Å². The van der Waals surface area contributed by atoms with E-state index in [4.69, 9.17) is 0 Å². The molecule has 1 amide bonds. The second kappa shape index (κ2) is 8.60. The Morgan fingerprint density at radius 1 is 1.21 bits per heavy atom. The molecule has 0 bridgehead atoms. The number of carbonyl (C=O) groups excluding carboxylic acids is 1. The summed E-state index contributed by atoms with van der Waals surface area (Å²) in [6, 6.07) is 10.3. The van der Waals surface area contributed by atoms with Gasteiger partial charge in [0.15, 0.2) is 0 Å². The number of fused-ring (bicyclic) bond motifs is 1. The standard InChI is InChI=1S/C28H31N5O/c1-20-5-2-3-6-23(20)18-32-14-4-7-24(19-32)33(15-16-33)28(34)22-8-9-26-25(17-22)27(31-30-26)21-10-12-29-13-11-21/h2-3,6,8-13,17,20,24H,4-5,7,14-16,18-19H2,1H3/p+1. The number of H-pyrrole nitrogens is 1. The van der Waals surface area contributed by atoms with E-state index in [1.54, 1.807) is 12.4 Å². The highest BCUT2D eigenvalue weighted by molar-refractivity contribution is 5.99. The van der Waals surface area contributed by atoms with Gasteiger partial charge in [0, 0.05) is 36.3 Å². The number of carbonyl (C=O) groups is 1. The third-order valence-corrected chi connectivity index (χ3v) is 8.03. The van der Waals surface area contributed by atoms with Crippen LogP contribution in [0.15, 0.2) is 66.5 Å². The van der Waals surface area contributed by atoms with E-state index in [9.17, 15) is 4.79 Å². The molecule has 0 saturated carbocycles. The number of nitrogens with one attached hydrogen (secondary N) is 1. The lowest BCUT2D eigenvalue weighted by Crippen LogP contribution is -2.52. The summed E-state index contributed by atoms with van der Waals surface area (Å²) in [4.78, 5) is 20.6. The average molecular weight is 455 g/mol. The first-order chi connectivity index (χ1) is 16.6. The van der Waals surface area contributed by atoms with Gasteiger partial charge in [-0.05, 0) is 55.6 Å². The Bertz CT molecular complexity index is 1270. The van der Waals surface area contributed by atoms with E-state index in [0.29, 0.717) is 16.4 Å². The Kier molecular flexibility index (Phi) is 5.42. The second-order valence-electron chi connectivity index (χ2n) is 10.2. The van der Waals surface area contributed by atoms with Crippen molar-refractivity contribution in [2.45, 2.75) is 32.2 Å². The van der Waals surface area contributed by atoms with Crippen molar-refractivity contribution in [2.24, 2.45) is 5.92 Å². The zero-order chi connectivity index (χ0) is 23.1. The fourth-order valence-electron chi connectivity index (χ4n) is 5.81. The summed E-state index contributed by atoms with van der Waals surface area (Å²) in [5, 5.41) is 8.63. The molecule has 34 heavy (non-hydrogen) atoms. The number of rotatable bonds is 5. The van der Waals surface area contributed by atoms with Crippen molar-refractivity contribution in [1.82, 2.24) is 20.1 Å². The van der Waals surface area contributed by atoms with Crippen molar-refractivity contribution in [3.05, 3.63) is 72.1 Å². The van der Waals surface area contributed by atoms with Crippen molar-refractivity contribution >= 4 is 16.8 Å². The molecule has 0 spiro atoms. The maximum atomic E-state index is 13.9. The number of likely N-dealkylation sites (tertiary alicyclic amines) is 1. The highest BCUT2D eigenvalue weighted by Crippen LogP contribution is 2.36. The average Bonchev–Trinajstić information content (AvgIpc) is 3.59. The van der Waals surface area contributed by atoms with Crippen LogP contribution >= 0.6 is 0 Å². The number of pyridine rings is 1. The number of quaternary nitrogens is 1. The van der Waals surface area contributed by atoms with Crippen LogP contribution in [0.4, 0.5) is 0 Å². The zero-order valence-corrected chi connectivity index (χ0v) is 19.8. The van der Waals surface area contributed by atoms with Gasteiger partial charge in [0.25, 0.3) is 0 Å². The van der Waals surface area contributed by atoms with Crippen molar-refractivity contribution in [2.75, 3.05) is 32.7 Å². The largest absolute Gasteiger partial charge is 0.346 e. The molecule has 6 nitrogen and oxygen atoms in total. The van der Waals surface area contributed by atoms with Crippen LogP contribution in [-0.2, 0) is 0 Å². The fraction of sp³-hybridized carbons (Fsp3) is 0.393. The van der Waals surface area contributed by atoms with Crippen molar-refractivity contribution < 1.29 is 9.28 Å². The first-order valence-electron chi connectivity index (χ1n) is 12.5. The van der Waals surface area contributed by atoms with Crippen LogP contribution in [0.3, 0.4) is 0 Å². The Morgan fingerprint density at radius 3 is 2.85 bits per heavy atom. The number of allylic oxidation sites excluding steroid dienone is 3. The van der Waals surface area contributed by atoms with Gasteiger partial charge in [-0.25, -0.2) is 9.28 Å². The van der Waals surface area contributed by atoms with Crippen LogP contribution in [0.2, 0.25) is 0 Å². The molecule has 2 atom stereocenters. The number of hydrogen-bond donors (Lipinski definition) is 1. The number of nitrogens with zero attached hydrogens (tertiary/aromatic N) is 4. The first-order valence-corrected chi connectivity index (χ1v) is 12.5. The zero-order valence-electron chi connectivity index (χ0n) is 19.8. The molecule has 6 heteroatoms. The minimum Gasteiger partial charge on any atom is -0.294 e. The molecule has 1 aromatic carbocycles. The Morgan fingerprint density at radius 2 is 2.06 bits per heavy atom. The number of aromatic amines is 1. The van der Waals surface area contributed by atoms with E-state index in [0.717, 1.165) is 73.3 Å². The van der Waals surface area contributed by atoms with Crippen LogP contribution in [0.25, 0.3) is 22.2 Å². The maximum Gasteiger partial charge on any atom is 0.346 e. The molecular formula is C28H32N5O+. The summed E-state index contributed by atoms with van der Waals surface area (Å²) >= 11 is 0. The lowest BCUT2D eigenvalue weighted by atomic mass is 9.92. The van der Waals surface area contributed by atoms with Crippen molar-refractivity contribution in [3.8, 4) is 11.3 Å². The number of piperidine rings is 1. The molecular weight excluding hydrogens is 422 g/mol. The molecule has 2 aliphatic heterocycles. The molecule has 2 saturated heterocycles. The summed E-state index contributed by atoms with van der Waals surface area (Å²) in [5.41, 5.74) is 5.16. The molecule has 3 aromatic rings. The topological polar surface area (TPSA) is 61.9 Å². The summed E-state index contributed by atoms with van der Waals surface area (Å²) in [6.07, 6.45) is 13.7. The monoisotopic (exact) mass is 454 g/mol. The number of benzene rings is 1. The number of aromatic nitrogens is 3. The molecule has 1 aliphatic carbocycles. The Balaban J connectivity index is 1.24. The van der Waals surface area contributed by atoms with E-state index in [1.807, 2.05) is 30.3 Å². The first kappa shape index (κ1) is 21.4. The van der Waals surface area contributed by atoms with E-state index in [-0.39, 0.29) is 5.91 Å².